The van der Waals surface area contributed by atoms with Gasteiger partial charge in [-0.2, -0.15) is 11.6 Å². The van der Waals surface area contributed by atoms with Gasteiger partial charge in [-0.05, 0) is 26.0 Å². The van der Waals surface area contributed by atoms with Crippen LogP contribution in [0.2, 0.25) is 0 Å². The van der Waals surface area contributed by atoms with E-state index in [9.17, 15) is 0 Å². The lowest BCUT2D eigenvalue weighted by atomic mass is 10.1. The van der Waals surface area contributed by atoms with Gasteiger partial charge in [-0.3, -0.25) is 0 Å². The standard InChI is InChI=1S/C9H11BNS/c1-7(2)11-8-5-3-4-6-9(8)12-10-11/h3-7H,1-2H3. The highest BCUT2D eigenvalue weighted by atomic mass is 32.2. The highest BCUT2D eigenvalue weighted by Gasteiger charge is 2.22. The lowest BCUT2D eigenvalue weighted by molar-refractivity contribution is 0.824. The summed E-state index contributed by atoms with van der Waals surface area (Å²) in [5.41, 5.74) is 1.34. The van der Waals surface area contributed by atoms with Gasteiger partial charge in [-0.1, -0.05) is 12.1 Å². The van der Waals surface area contributed by atoms with Crippen LogP contribution in [0, 0.1) is 0 Å². The molecule has 0 spiro atoms. The van der Waals surface area contributed by atoms with Crippen molar-refractivity contribution in [2.24, 2.45) is 0 Å². The zero-order valence-electron chi connectivity index (χ0n) is 7.32. The quantitative estimate of drug-likeness (QED) is 0.605. The predicted octanol–water partition coefficient (Wildman–Crippen LogP) is 2.54. The summed E-state index contributed by atoms with van der Waals surface area (Å²) >= 11 is 1.81. The molecular formula is C9H11BNS. The first-order valence-electron chi connectivity index (χ1n) is 4.16. The molecule has 1 aliphatic heterocycles. The normalized spacial score (nSPS) is 14.8. The fraction of sp³-hybridized carbons (Fsp3) is 0.333. The predicted molar refractivity (Wildman–Crippen MR) is 55.7 cm³/mol. The SMILES string of the molecule is CC(C)N1[B]Sc2ccccc21. The first-order valence-corrected chi connectivity index (χ1v) is 5.04. The average molecular weight is 176 g/mol. The fourth-order valence-corrected chi connectivity index (χ4v) is 2.38. The third-order valence-electron chi connectivity index (χ3n) is 1.99. The molecule has 1 nitrogen and oxygen atoms in total. The van der Waals surface area contributed by atoms with Crippen LogP contribution in [0.5, 0.6) is 0 Å². The molecule has 0 fully saturated rings. The summed E-state index contributed by atoms with van der Waals surface area (Å²) < 4.78 is 0. The maximum absolute atomic E-state index is 2.31. The van der Waals surface area contributed by atoms with Crippen molar-refractivity contribution in [2.75, 3.05) is 4.81 Å². The van der Waals surface area contributed by atoms with Crippen LogP contribution >= 0.6 is 11.6 Å². The Morgan fingerprint density at radius 3 is 2.83 bits per heavy atom. The van der Waals surface area contributed by atoms with Crippen LogP contribution in [0.3, 0.4) is 0 Å². The molecule has 1 aromatic carbocycles. The zero-order valence-corrected chi connectivity index (χ0v) is 8.14. The van der Waals surface area contributed by atoms with E-state index >= 15 is 0 Å². The highest BCUT2D eigenvalue weighted by molar-refractivity contribution is 8.23. The Morgan fingerprint density at radius 1 is 1.33 bits per heavy atom. The zero-order chi connectivity index (χ0) is 8.55. The Balaban J connectivity index is 2.36. The van der Waals surface area contributed by atoms with Crippen molar-refractivity contribution < 1.29 is 0 Å². The number of rotatable bonds is 1. The van der Waals surface area contributed by atoms with E-state index in [-0.39, 0.29) is 0 Å². The largest absolute Gasteiger partial charge is 0.406 e. The van der Waals surface area contributed by atoms with Crippen LogP contribution in [-0.4, -0.2) is 12.7 Å². The summed E-state index contributed by atoms with van der Waals surface area (Å²) in [6.07, 6.45) is 0. The van der Waals surface area contributed by atoms with Gasteiger partial charge >= 0.3 is 6.69 Å². The third-order valence-corrected chi connectivity index (χ3v) is 2.92. The van der Waals surface area contributed by atoms with Crippen molar-refractivity contribution in [3.05, 3.63) is 24.3 Å². The second kappa shape index (κ2) is 3.06. The first kappa shape index (κ1) is 8.05. The van der Waals surface area contributed by atoms with Gasteiger partial charge in [0, 0.05) is 16.6 Å². The van der Waals surface area contributed by atoms with E-state index in [1.807, 2.05) is 0 Å². The Kier molecular flexibility index (Phi) is 2.05. The second-order valence-electron chi connectivity index (χ2n) is 3.19. The van der Waals surface area contributed by atoms with E-state index in [0.29, 0.717) is 6.04 Å². The molecule has 0 saturated heterocycles. The number of nitrogens with zero attached hydrogens (tertiary/aromatic N) is 1. The molecule has 1 radical (unpaired) electrons. The summed E-state index contributed by atoms with van der Waals surface area (Å²) in [7, 11) is 0. The lowest BCUT2D eigenvalue weighted by Crippen LogP contribution is -2.29. The minimum Gasteiger partial charge on any atom is -0.406 e. The number of fused-ring (bicyclic) bond motifs is 1. The molecule has 0 unspecified atom stereocenters. The Morgan fingerprint density at radius 2 is 2.08 bits per heavy atom. The molecule has 0 aliphatic carbocycles. The number of para-hydroxylation sites is 1. The summed E-state index contributed by atoms with van der Waals surface area (Å²) in [6, 6.07) is 9.07. The molecule has 0 saturated carbocycles. The van der Waals surface area contributed by atoms with E-state index in [1.54, 1.807) is 11.6 Å². The van der Waals surface area contributed by atoms with Gasteiger partial charge in [0.25, 0.3) is 0 Å². The maximum Gasteiger partial charge on any atom is 0.331 e. The van der Waals surface area contributed by atoms with Gasteiger partial charge in [0.05, 0.1) is 0 Å². The maximum atomic E-state index is 2.31. The molecule has 0 bridgehead atoms. The molecule has 0 amide bonds. The molecule has 1 aromatic rings. The molecular weight excluding hydrogens is 165 g/mol. The average Bonchev–Trinajstić information content (AvgIpc) is 2.47. The van der Waals surface area contributed by atoms with Gasteiger partial charge in [0.2, 0.25) is 0 Å². The monoisotopic (exact) mass is 176 g/mol. The topological polar surface area (TPSA) is 3.24 Å². The fourth-order valence-electron chi connectivity index (χ4n) is 1.34. The second-order valence-corrected chi connectivity index (χ2v) is 4.08. The minimum absolute atomic E-state index is 0.557. The van der Waals surface area contributed by atoms with E-state index < -0.39 is 0 Å². The highest BCUT2D eigenvalue weighted by Crippen LogP contribution is 2.37. The van der Waals surface area contributed by atoms with Crippen LogP contribution in [0.25, 0.3) is 0 Å². The number of hydrogen-bond donors (Lipinski definition) is 0. The molecule has 0 N–H and O–H groups in total. The summed E-state index contributed by atoms with van der Waals surface area (Å²) in [6.45, 7) is 6.60. The molecule has 1 heterocycles. The lowest BCUT2D eigenvalue weighted by Gasteiger charge is -2.22. The first-order chi connectivity index (χ1) is 5.79. The number of benzene rings is 1. The van der Waals surface area contributed by atoms with E-state index in [0.717, 1.165) is 0 Å². The Bertz CT molecular complexity index is 288. The summed E-state index contributed by atoms with van der Waals surface area (Å²) in [5, 5.41) is 0. The number of anilines is 1. The van der Waals surface area contributed by atoms with Gasteiger partial charge in [0.15, 0.2) is 0 Å². The summed E-state index contributed by atoms with van der Waals surface area (Å²) in [5.74, 6) is 0. The van der Waals surface area contributed by atoms with Gasteiger partial charge in [-0.25, -0.2) is 0 Å². The molecule has 0 atom stereocenters. The van der Waals surface area contributed by atoms with E-state index in [2.05, 4.69) is 49.6 Å². The van der Waals surface area contributed by atoms with Crippen LogP contribution in [0.15, 0.2) is 29.2 Å². The summed E-state index contributed by atoms with van der Waals surface area (Å²) in [4.78, 5) is 3.67. The van der Waals surface area contributed by atoms with Crippen molar-refractivity contribution >= 4 is 24.0 Å². The van der Waals surface area contributed by atoms with Crippen LogP contribution in [0.1, 0.15) is 13.8 Å². The molecule has 2 rings (SSSR count). The van der Waals surface area contributed by atoms with Crippen LogP contribution in [0.4, 0.5) is 5.69 Å². The third kappa shape index (κ3) is 1.22. The van der Waals surface area contributed by atoms with Crippen molar-refractivity contribution in [1.82, 2.24) is 0 Å². The van der Waals surface area contributed by atoms with Crippen LogP contribution < -0.4 is 4.81 Å². The van der Waals surface area contributed by atoms with Crippen LogP contribution in [-0.2, 0) is 0 Å². The molecule has 3 heteroatoms. The van der Waals surface area contributed by atoms with Crippen molar-refractivity contribution in [2.45, 2.75) is 24.8 Å². The van der Waals surface area contributed by atoms with Crippen molar-refractivity contribution in [3.63, 3.8) is 0 Å². The molecule has 1 aliphatic rings. The minimum atomic E-state index is 0.557. The molecule has 61 valence electrons. The van der Waals surface area contributed by atoms with Gasteiger partial charge in [-0.15, -0.1) is 0 Å². The molecule has 12 heavy (non-hydrogen) atoms. The van der Waals surface area contributed by atoms with Gasteiger partial charge in [0.1, 0.15) is 0 Å². The Labute approximate surface area is 78.3 Å². The smallest absolute Gasteiger partial charge is 0.331 e. The Hall–Kier alpha value is -0.565. The molecule has 0 aromatic heterocycles. The van der Waals surface area contributed by atoms with Crippen molar-refractivity contribution in [3.8, 4) is 0 Å². The van der Waals surface area contributed by atoms with Crippen molar-refractivity contribution in [1.29, 1.82) is 0 Å². The van der Waals surface area contributed by atoms with E-state index in [1.165, 1.54) is 10.6 Å². The number of hydrogen-bond acceptors (Lipinski definition) is 2. The van der Waals surface area contributed by atoms with Gasteiger partial charge < -0.3 is 4.81 Å². The van der Waals surface area contributed by atoms with E-state index in [4.69, 9.17) is 0 Å².